The van der Waals surface area contributed by atoms with E-state index in [2.05, 4.69) is 11.2 Å². The summed E-state index contributed by atoms with van der Waals surface area (Å²) in [6, 6.07) is 4.20. The van der Waals surface area contributed by atoms with E-state index in [4.69, 9.17) is 16.2 Å². The van der Waals surface area contributed by atoms with Gasteiger partial charge in [0.1, 0.15) is 6.67 Å². The van der Waals surface area contributed by atoms with Gasteiger partial charge in [0.15, 0.2) is 8.77 Å². The van der Waals surface area contributed by atoms with Crippen LogP contribution in [0.15, 0.2) is 23.1 Å². The van der Waals surface area contributed by atoms with E-state index in [1.807, 2.05) is 0 Å². The maximum atomic E-state index is 12.4. The number of benzene rings is 1. The zero-order chi connectivity index (χ0) is 10.1. The Hall–Kier alpha value is -0.230. The van der Waals surface area contributed by atoms with E-state index in [0.29, 0.717) is 0 Å². The molecule has 1 unspecified atom stereocenters. The number of rotatable bonds is 2. The molecule has 0 aromatic heterocycles. The van der Waals surface area contributed by atoms with Gasteiger partial charge in [-0.25, -0.2) is 8.60 Å². The summed E-state index contributed by atoms with van der Waals surface area (Å²) in [5, 5.41) is 0.117. The molecule has 0 aliphatic carbocycles. The molecule has 1 atom stereocenters. The van der Waals surface area contributed by atoms with Crippen LogP contribution < -0.4 is 0 Å². The van der Waals surface area contributed by atoms with Crippen molar-refractivity contribution in [3.8, 4) is 0 Å². The van der Waals surface area contributed by atoms with Crippen LogP contribution in [0.5, 0.6) is 0 Å². The Bertz CT molecular complexity index is 417. The van der Waals surface area contributed by atoms with Gasteiger partial charge < -0.3 is 4.55 Å². The van der Waals surface area contributed by atoms with E-state index in [1.54, 1.807) is 0 Å². The first-order valence-electron chi connectivity index (χ1n) is 3.27. The van der Waals surface area contributed by atoms with Crippen LogP contribution in [0.1, 0.15) is 5.56 Å². The fourth-order valence-electron chi connectivity index (χ4n) is 0.910. The van der Waals surface area contributed by atoms with E-state index in [1.165, 1.54) is 18.2 Å². The summed E-state index contributed by atoms with van der Waals surface area (Å²) < 4.78 is 32.5. The van der Waals surface area contributed by atoms with Crippen molar-refractivity contribution in [2.24, 2.45) is 0 Å². The number of halogens is 2. The minimum absolute atomic E-state index is 0.00772. The summed E-state index contributed by atoms with van der Waals surface area (Å²) >= 11 is 9.94. The molecule has 13 heavy (non-hydrogen) atoms. The molecule has 1 aromatic carbocycles. The number of hydrogen-bond acceptors (Lipinski definition) is 2. The average Bonchev–Trinajstić information content (AvgIpc) is 2.02. The van der Waals surface area contributed by atoms with Crippen molar-refractivity contribution in [2.45, 2.75) is 11.6 Å². The molecular weight excluding hydrogens is 235 g/mol. The van der Waals surface area contributed by atoms with Crippen molar-refractivity contribution < 1.29 is 13.2 Å². The lowest BCUT2D eigenvalue weighted by Gasteiger charge is -2.06. The van der Waals surface area contributed by atoms with Gasteiger partial charge in [-0.2, -0.15) is 0 Å². The fourth-order valence-corrected chi connectivity index (χ4v) is 2.39. The predicted molar refractivity (Wildman–Crippen MR) is 52.7 cm³/mol. The first kappa shape index (κ1) is 10.8. The zero-order valence-corrected chi connectivity index (χ0v) is 8.76. The van der Waals surface area contributed by atoms with Gasteiger partial charge in [0.2, 0.25) is 0 Å². The third-order valence-corrected chi connectivity index (χ3v) is 3.32. The highest BCUT2D eigenvalue weighted by Crippen LogP contribution is 2.24. The lowest BCUT2D eigenvalue weighted by Crippen LogP contribution is -2.01. The molecule has 0 spiro atoms. The first-order valence-corrected chi connectivity index (χ1v) is 6.09. The van der Waals surface area contributed by atoms with Crippen LogP contribution in [0, 0.1) is 0 Å². The Morgan fingerprint density at radius 3 is 2.62 bits per heavy atom. The first-order chi connectivity index (χ1) is 5.96. The van der Waals surface area contributed by atoms with Crippen molar-refractivity contribution in [1.29, 1.82) is 0 Å². The van der Waals surface area contributed by atoms with Crippen molar-refractivity contribution >= 4 is 31.6 Å². The largest absolute Gasteiger partial charge is 0.302 e. The van der Waals surface area contributed by atoms with Crippen molar-refractivity contribution in [3.05, 3.63) is 28.8 Å². The molecule has 0 bridgehead atoms. The van der Waals surface area contributed by atoms with E-state index >= 15 is 0 Å². The predicted octanol–water partition coefficient (Wildman–Crippen LogP) is 2.39. The van der Waals surface area contributed by atoms with Gasteiger partial charge in [-0.05, 0) is 12.1 Å². The summed E-state index contributed by atoms with van der Waals surface area (Å²) in [5.74, 6) is 0. The lowest BCUT2D eigenvalue weighted by atomic mass is 10.2. The van der Waals surface area contributed by atoms with Crippen molar-refractivity contribution in [3.63, 3.8) is 0 Å². The van der Waals surface area contributed by atoms with Crippen LogP contribution in [0.2, 0.25) is 5.02 Å². The highest BCUT2D eigenvalue weighted by atomic mass is 35.5. The number of hydrogen-bond donors (Lipinski definition) is 1. The molecule has 1 rings (SSSR count). The molecule has 0 radical (unpaired) electrons. The molecule has 72 valence electrons. The van der Waals surface area contributed by atoms with Gasteiger partial charge in [0, 0.05) is 21.8 Å². The van der Waals surface area contributed by atoms with Crippen LogP contribution in [0.25, 0.3) is 0 Å². The summed E-state index contributed by atoms with van der Waals surface area (Å²) in [6.45, 7) is -0.900. The van der Waals surface area contributed by atoms with Crippen LogP contribution in [0.4, 0.5) is 4.39 Å². The molecule has 1 aromatic rings. The second kappa shape index (κ2) is 3.88. The van der Waals surface area contributed by atoms with Gasteiger partial charge in [0.25, 0.3) is 0 Å². The standard InChI is InChI=1S/C7H6ClFO2S2/c8-6-2-1-3-7(5(6)4-9)13(10,11)12/h1-3H,4H2,(H,10,11,12). The minimum atomic E-state index is -3.56. The molecule has 0 heterocycles. The maximum Gasteiger partial charge on any atom is 0.171 e. The van der Waals surface area contributed by atoms with Crippen molar-refractivity contribution in [1.82, 2.24) is 0 Å². The number of alkyl halides is 1. The molecule has 0 saturated heterocycles. The Morgan fingerprint density at radius 1 is 1.62 bits per heavy atom. The minimum Gasteiger partial charge on any atom is -0.302 e. The van der Waals surface area contributed by atoms with Crippen LogP contribution in [-0.4, -0.2) is 8.76 Å². The van der Waals surface area contributed by atoms with Gasteiger partial charge in [0.05, 0.1) is 4.90 Å². The fraction of sp³-hybridized carbons (Fsp3) is 0.143. The monoisotopic (exact) mass is 240 g/mol. The summed E-state index contributed by atoms with van der Waals surface area (Å²) in [5.41, 5.74) is -0.00772. The normalized spacial score (nSPS) is 15.3. The molecule has 0 saturated carbocycles. The Kier molecular flexibility index (Phi) is 3.23. The third kappa shape index (κ3) is 2.37. The SMILES string of the molecule is O=S(O)(=S)c1cccc(Cl)c1CF. The molecule has 0 aliphatic heterocycles. The van der Waals surface area contributed by atoms with Gasteiger partial charge >= 0.3 is 0 Å². The zero-order valence-electron chi connectivity index (χ0n) is 6.37. The Labute approximate surface area is 85.2 Å². The smallest absolute Gasteiger partial charge is 0.171 e. The molecule has 6 heteroatoms. The molecular formula is C7H6ClFO2S2. The molecule has 0 amide bonds. The van der Waals surface area contributed by atoms with Crippen molar-refractivity contribution in [2.75, 3.05) is 0 Å². The summed E-state index contributed by atoms with van der Waals surface area (Å²) in [4.78, 5) is -0.113. The average molecular weight is 241 g/mol. The molecule has 0 fully saturated rings. The van der Waals surface area contributed by atoms with Crippen LogP contribution in [-0.2, 0) is 26.6 Å². The van der Waals surface area contributed by atoms with Crippen LogP contribution >= 0.6 is 11.6 Å². The van der Waals surface area contributed by atoms with Gasteiger partial charge in [-0.15, -0.1) is 0 Å². The second-order valence-corrected chi connectivity index (χ2v) is 5.48. The lowest BCUT2D eigenvalue weighted by molar-refractivity contribution is 0.476. The van der Waals surface area contributed by atoms with Gasteiger partial charge in [-0.3, -0.25) is 0 Å². The summed E-state index contributed by atoms with van der Waals surface area (Å²) in [6.07, 6.45) is 0. The van der Waals surface area contributed by atoms with Gasteiger partial charge in [-0.1, -0.05) is 17.7 Å². The quantitative estimate of drug-likeness (QED) is 0.863. The maximum absolute atomic E-state index is 12.4. The van der Waals surface area contributed by atoms with Crippen LogP contribution in [0.3, 0.4) is 0 Å². The van der Waals surface area contributed by atoms with E-state index < -0.39 is 15.4 Å². The van der Waals surface area contributed by atoms with E-state index in [-0.39, 0.29) is 15.5 Å². The molecule has 1 N–H and O–H groups in total. The van der Waals surface area contributed by atoms with E-state index in [0.717, 1.165) is 0 Å². The molecule has 2 nitrogen and oxygen atoms in total. The Morgan fingerprint density at radius 2 is 2.23 bits per heavy atom. The second-order valence-electron chi connectivity index (χ2n) is 2.33. The highest BCUT2D eigenvalue weighted by Gasteiger charge is 2.13. The summed E-state index contributed by atoms with van der Waals surface area (Å²) in [7, 11) is -3.56. The molecule has 0 aliphatic rings. The highest BCUT2D eigenvalue weighted by molar-refractivity contribution is 8.29. The third-order valence-electron chi connectivity index (χ3n) is 1.49. The van der Waals surface area contributed by atoms with E-state index in [9.17, 15) is 8.60 Å². The topological polar surface area (TPSA) is 37.3 Å². The Balaban J connectivity index is 3.47.